The third-order valence-corrected chi connectivity index (χ3v) is 3.23. The number of aliphatic hydroxyl groups is 1. The Balaban J connectivity index is 1.80. The molecule has 3 aliphatic rings. The SMILES string of the molecule is CC1=CC=C2OC(O)C(OC3CCCCO3)=C12. The van der Waals surface area contributed by atoms with Crippen molar-refractivity contribution in [3.8, 4) is 0 Å². The van der Waals surface area contributed by atoms with Crippen molar-refractivity contribution in [2.75, 3.05) is 6.61 Å². The van der Waals surface area contributed by atoms with E-state index in [0.717, 1.165) is 37.0 Å². The Morgan fingerprint density at radius 1 is 1.35 bits per heavy atom. The van der Waals surface area contributed by atoms with Crippen molar-refractivity contribution in [1.29, 1.82) is 0 Å². The normalized spacial score (nSPS) is 31.9. The van der Waals surface area contributed by atoms with Gasteiger partial charge in [-0.25, -0.2) is 0 Å². The van der Waals surface area contributed by atoms with Crippen LogP contribution in [0.5, 0.6) is 0 Å². The molecule has 2 heterocycles. The van der Waals surface area contributed by atoms with E-state index in [1.165, 1.54) is 0 Å². The highest BCUT2D eigenvalue weighted by atomic mass is 16.7. The van der Waals surface area contributed by atoms with Gasteiger partial charge < -0.3 is 19.3 Å². The lowest BCUT2D eigenvalue weighted by Crippen LogP contribution is -2.25. The van der Waals surface area contributed by atoms with Crippen LogP contribution in [0, 0.1) is 0 Å². The first-order valence-electron chi connectivity index (χ1n) is 6.02. The van der Waals surface area contributed by atoms with E-state index in [1.54, 1.807) is 0 Å². The Labute approximate surface area is 100 Å². The lowest BCUT2D eigenvalue weighted by Gasteiger charge is -2.24. The minimum absolute atomic E-state index is 0.253. The molecule has 2 aliphatic heterocycles. The van der Waals surface area contributed by atoms with Gasteiger partial charge in [-0.2, -0.15) is 0 Å². The Morgan fingerprint density at radius 2 is 2.24 bits per heavy atom. The summed E-state index contributed by atoms with van der Waals surface area (Å²) in [4.78, 5) is 0. The number of fused-ring (bicyclic) bond motifs is 1. The Kier molecular flexibility index (Phi) is 2.68. The summed E-state index contributed by atoms with van der Waals surface area (Å²) in [5, 5.41) is 9.81. The molecule has 0 radical (unpaired) electrons. The minimum atomic E-state index is -0.995. The zero-order chi connectivity index (χ0) is 11.8. The van der Waals surface area contributed by atoms with Crippen LogP contribution < -0.4 is 0 Å². The summed E-state index contributed by atoms with van der Waals surface area (Å²) in [6.45, 7) is 2.70. The Bertz CT molecular complexity index is 413. The molecule has 4 heteroatoms. The zero-order valence-electron chi connectivity index (χ0n) is 9.81. The van der Waals surface area contributed by atoms with Crippen molar-refractivity contribution < 1.29 is 19.3 Å². The van der Waals surface area contributed by atoms with Crippen LogP contribution in [-0.4, -0.2) is 24.3 Å². The molecule has 1 fully saturated rings. The van der Waals surface area contributed by atoms with Crippen molar-refractivity contribution >= 4 is 0 Å². The molecule has 1 N–H and O–H groups in total. The van der Waals surface area contributed by atoms with Crippen LogP contribution in [-0.2, 0) is 14.2 Å². The van der Waals surface area contributed by atoms with Gasteiger partial charge in [0.2, 0.25) is 0 Å². The predicted molar refractivity (Wildman–Crippen MR) is 60.6 cm³/mol. The van der Waals surface area contributed by atoms with Gasteiger partial charge in [0.25, 0.3) is 6.29 Å². The van der Waals surface area contributed by atoms with Crippen LogP contribution in [0.4, 0.5) is 0 Å². The topological polar surface area (TPSA) is 47.9 Å². The van der Waals surface area contributed by atoms with Gasteiger partial charge in [0, 0.05) is 6.42 Å². The van der Waals surface area contributed by atoms with E-state index in [4.69, 9.17) is 14.2 Å². The fourth-order valence-corrected chi connectivity index (χ4v) is 2.34. The summed E-state index contributed by atoms with van der Waals surface area (Å²) in [7, 11) is 0. The fraction of sp³-hybridized carbons (Fsp3) is 0.538. The molecule has 1 saturated heterocycles. The van der Waals surface area contributed by atoms with Crippen LogP contribution >= 0.6 is 0 Å². The summed E-state index contributed by atoms with van der Waals surface area (Å²) < 4.78 is 16.6. The maximum atomic E-state index is 9.81. The van der Waals surface area contributed by atoms with Gasteiger partial charge in [0.15, 0.2) is 12.0 Å². The molecule has 0 aromatic rings. The average molecular weight is 236 g/mol. The monoisotopic (exact) mass is 236 g/mol. The van der Waals surface area contributed by atoms with Gasteiger partial charge in [-0.1, -0.05) is 6.08 Å². The third-order valence-electron chi connectivity index (χ3n) is 3.23. The van der Waals surface area contributed by atoms with Crippen LogP contribution in [0.15, 0.2) is 34.8 Å². The maximum Gasteiger partial charge on any atom is 0.257 e. The third kappa shape index (κ3) is 1.87. The molecule has 3 rings (SSSR count). The molecule has 0 bridgehead atoms. The Hall–Kier alpha value is -1.26. The van der Waals surface area contributed by atoms with E-state index in [9.17, 15) is 5.11 Å². The van der Waals surface area contributed by atoms with E-state index < -0.39 is 6.29 Å². The van der Waals surface area contributed by atoms with Crippen molar-refractivity contribution in [3.63, 3.8) is 0 Å². The Morgan fingerprint density at radius 3 is 3.00 bits per heavy atom. The molecule has 2 atom stereocenters. The van der Waals surface area contributed by atoms with Gasteiger partial charge in [-0.05, 0) is 31.4 Å². The second kappa shape index (κ2) is 4.20. The average Bonchev–Trinajstić information content (AvgIpc) is 2.83. The summed E-state index contributed by atoms with van der Waals surface area (Å²) in [6, 6.07) is 0. The number of ether oxygens (including phenoxy) is 3. The lowest BCUT2D eigenvalue weighted by molar-refractivity contribution is -0.163. The van der Waals surface area contributed by atoms with Gasteiger partial charge in [0.05, 0.1) is 12.2 Å². The smallest absolute Gasteiger partial charge is 0.257 e. The van der Waals surface area contributed by atoms with E-state index >= 15 is 0 Å². The molecular formula is C13H16O4. The van der Waals surface area contributed by atoms with E-state index in [1.807, 2.05) is 19.1 Å². The number of allylic oxidation sites excluding steroid dienone is 3. The number of hydrogen-bond acceptors (Lipinski definition) is 4. The minimum Gasteiger partial charge on any atom is -0.462 e. The standard InChI is InChI=1S/C13H16O4/c1-8-5-6-9-11(8)12(13(14)16-9)17-10-4-2-3-7-15-10/h5-6,10,13-14H,2-4,7H2,1H3. The quantitative estimate of drug-likeness (QED) is 0.796. The van der Waals surface area contributed by atoms with Crippen molar-refractivity contribution in [2.45, 2.75) is 38.8 Å². The number of aliphatic hydroxyl groups excluding tert-OH is 1. The first-order valence-corrected chi connectivity index (χ1v) is 6.02. The van der Waals surface area contributed by atoms with Crippen LogP contribution in [0.25, 0.3) is 0 Å². The molecule has 0 spiro atoms. The van der Waals surface area contributed by atoms with Crippen LogP contribution in [0.1, 0.15) is 26.2 Å². The van der Waals surface area contributed by atoms with Gasteiger partial charge in [-0.3, -0.25) is 0 Å². The largest absolute Gasteiger partial charge is 0.462 e. The molecule has 17 heavy (non-hydrogen) atoms. The second-order valence-electron chi connectivity index (χ2n) is 4.50. The summed E-state index contributed by atoms with van der Waals surface area (Å²) >= 11 is 0. The second-order valence-corrected chi connectivity index (χ2v) is 4.50. The summed E-state index contributed by atoms with van der Waals surface area (Å²) in [5.41, 5.74) is 1.94. The lowest BCUT2D eigenvalue weighted by atomic mass is 10.1. The van der Waals surface area contributed by atoms with E-state index in [2.05, 4.69) is 0 Å². The van der Waals surface area contributed by atoms with E-state index in [-0.39, 0.29) is 6.29 Å². The molecule has 1 aliphatic carbocycles. The molecule has 0 aromatic heterocycles. The first-order chi connectivity index (χ1) is 8.25. The van der Waals surface area contributed by atoms with Crippen LogP contribution in [0.3, 0.4) is 0 Å². The summed E-state index contributed by atoms with van der Waals surface area (Å²) in [6.07, 6.45) is 5.61. The predicted octanol–water partition coefficient (Wildman–Crippen LogP) is 1.98. The van der Waals surface area contributed by atoms with Crippen molar-refractivity contribution in [1.82, 2.24) is 0 Å². The number of hydrogen-bond donors (Lipinski definition) is 1. The molecule has 0 saturated carbocycles. The van der Waals surface area contributed by atoms with Gasteiger partial charge in [0.1, 0.15) is 5.76 Å². The molecule has 0 aromatic carbocycles. The molecular weight excluding hydrogens is 220 g/mol. The van der Waals surface area contributed by atoms with Crippen molar-refractivity contribution in [2.24, 2.45) is 0 Å². The molecule has 0 amide bonds. The highest BCUT2D eigenvalue weighted by Crippen LogP contribution is 2.39. The van der Waals surface area contributed by atoms with E-state index in [0.29, 0.717) is 11.5 Å². The van der Waals surface area contributed by atoms with Gasteiger partial charge in [-0.15, -0.1) is 0 Å². The zero-order valence-corrected chi connectivity index (χ0v) is 9.81. The highest BCUT2D eigenvalue weighted by Gasteiger charge is 2.35. The van der Waals surface area contributed by atoms with Crippen molar-refractivity contribution in [3.05, 3.63) is 34.8 Å². The number of rotatable bonds is 2. The molecule has 4 nitrogen and oxygen atoms in total. The summed E-state index contributed by atoms with van der Waals surface area (Å²) in [5.74, 6) is 1.19. The molecule has 92 valence electrons. The first kappa shape index (κ1) is 10.9. The highest BCUT2D eigenvalue weighted by molar-refractivity contribution is 5.55. The maximum absolute atomic E-state index is 9.81. The van der Waals surface area contributed by atoms with Gasteiger partial charge >= 0.3 is 0 Å². The molecule has 2 unspecified atom stereocenters. The van der Waals surface area contributed by atoms with Crippen LogP contribution in [0.2, 0.25) is 0 Å². The fourth-order valence-electron chi connectivity index (χ4n) is 2.34.